The largest absolute Gasteiger partial charge is 0.780 e. The molecule has 6 saturated heterocycles. The van der Waals surface area contributed by atoms with Crippen LogP contribution >= 0.6 is 87.4 Å². The quantitative estimate of drug-likeness (QED) is 0.0288. The van der Waals surface area contributed by atoms with Gasteiger partial charge in [0.25, 0.3) is 24.5 Å². The maximum absolute atomic E-state index is 13.2. The van der Waals surface area contributed by atoms with Crippen molar-refractivity contribution < 1.29 is 103 Å². The Morgan fingerprint density at radius 1 is 0.495 bits per heavy atom. The van der Waals surface area contributed by atoms with Crippen molar-refractivity contribution in [3.63, 3.8) is 0 Å². The van der Waals surface area contributed by atoms with Crippen LogP contribution in [0, 0.1) is 20.8 Å². The van der Waals surface area contributed by atoms with Gasteiger partial charge in [-0.1, -0.05) is 94.4 Å². The van der Waals surface area contributed by atoms with E-state index in [4.69, 9.17) is 116 Å². The molecule has 6 fully saturated rings. The summed E-state index contributed by atoms with van der Waals surface area (Å²) in [6, 6.07) is -1.90. The maximum atomic E-state index is 13.2. The first-order valence-corrected chi connectivity index (χ1v) is 49.3. The lowest BCUT2D eigenvalue weighted by Crippen LogP contribution is -2.33. The highest BCUT2D eigenvalue weighted by atomic mass is 127. The van der Waals surface area contributed by atoms with Crippen LogP contribution in [-0.4, -0.2) is 228 Å². The number of ether oxygens (including phenoxy) is 6. The summed E-state index contributed by atoms with van der Waals surface area (Å²) in [4.78, 5) is 111. The molecule has 9 rings (SSSR count). The molecule has 0 saturated carbocycles. The molecule has 564 valence electrons. The molecule has 6 aliphatic rings. The van der Waals surface area contributed by atoms with Crippen molar-refractivity contribution in [2.75, 3.05) is 74.3 Å². The number of aliphatic hydroxyl groups excluding tert-OH is 1. The minimum atomic E-state index is -4.90. The molecular formula is C53H81B3I2N6O28P6S3-2. The fraction of sp³-hybridized carbons (Fsp3) is 0.774. The van der Waals surface area contributed by atoms with Gasteiger partial charge in [-0.3, -0.25) is 56.7 Å². The first-order valence-electron chi connectivity index (χ1n) is 31.5. The third-order valence-corrected chi connectivity index (χ3v) is 28.3. The predicted molar refractivity (Wildman–Crippen MR) is 395 cm³/mol. The number of phosphoric acid groups is 1. The Hall–Kier alpha value is -0.425. The molecule has 6 aliphatic heterocycles. The smallest absolute Gasteiger partial charge is 0.330 e. The Labute approximate surface area is 628 Å². The summed E-state index contributed by atoms with van der Waals surface area (Å²) in [6.07, 6.45) is -7.50. The van der Waals surface area contributed by atoms with Gasteiger partial charge in [0, 0.05) is 94.7 Å². The van der Waals surface area contributed by atoms with Crippen molar-refractivity contribution in [3.05, 3.63) is 97.8 Å². The van der Waals surface area contributed by atoms with Crippen LogP contribution in [-0.2, 0) is 118 Å². The van der Waals surface area contributed by atoms with Crippen LogP contribution < -0.4 is 43.5 Å². The summed E-state index contributed by atoms with van der Waals surface area (Å²) >= 11 is 19.5. The first kappa shape index (κ1) is 87.8. The molecule has 0 aliphatic carbocycles. The van der Waals surface area contributed by atoms with Crippen LogP contribution in [0.3, 0.4) is 0 Å². The second-order valence-electron chi connectivity index (χ2n) is 24.7. The molecule has 24 atom stereocenters. The highest BCUT2D eigenvalue weighted by Crippen LogP contribution is 2.53. The summed E-state index contributed by atoms with van der Waals surface area (Å²) in [5.74, 6) is 0. The lowest BCUT2D eigenvalue weighted by atomic mass is 9.96. The number of aryl methyl sites for hydroxylation is 3. The fourth-order valence-corrected chi connectivity index (χ4v) is 19.4. The zero-order valence-corrected chi connectivity index (χ0v) is 68.4. The number of hydrogen-bond acceptors (Lipinski definition) is 30. The number of aromatic amines is 3. The molecule has 0 bridgehead atoms. The number of phosphoric ester groups is 1. The van der Waals surface area contributed by atoms with Crippen LogP contribution in [0.1, 0.15) is 87.7 Å². The van der Waals surface area contributed by atoms with Gasteiger partial charge in [0.1, 0.15) is 73.4 Å². The summed E-state index contributed by atoms with van der Waals surface area (Å²) in [6.45, 7) is 9.77. The van der Waals surface area contributed by atoms with Gasteiger partial charge >= 0.3 is 32.3 Å². The Balaban J connectivity index is 0.000000213. The molecule has 3 aromatic heterocycles. The monoisotopic (exact) mass is 1820 g/mol. The molecule has 3 aromatic rings. The Kier molecular flexibility index (Phi) is 32.6. The van der Waals surface area contributed by atoms with E-state index < -0.39 is 187 Å². The number of nitrogens with zero attached hydrogens (tertiary/aromatic N) is 3. The molecule has 24 unspecified atom stereocenters. The second kappa shape index (κ2) is 37.5. The molecule has 0 spiro atoms. The molecule has 34 nitrogen and oxygen atoms in total. The molecule has 5 N–H and O–H groups in total. The van der Waals surface area contributed by atoms with Crippen molar-refractivity contribution in [1.82, 2.24) is 28.7 Å². The average molecular weight is 1820 g/mol. The van der Waals surface area contributed by atoms with E-state index in [1.807, 2.05) is 49.8 Å². The summed E-state index contributed by atoms with van der Waals surface area (Å²) in [7, 11) is 5.44. The average Bonchev–Trinajstić information content (AvgIpc) is 1.68. The van der Waals surface area contributed by atoms with Crippen molar-refractivity contribution in [3.8, 4) is 0 Å². The third-order valence-electron chi connectivity index (χ3n) is 16.5. The number of H-pyrrole nitrogens is 3. The lowest BCUT2D eigenvalue weighted by Gasteiger charge is -2.31. The van der Waals surface area contributed by atoms with Gasteiger partial charge in [-0.2, -0.15) is 0 Å². The molecule has 0 amide bonds. The lowest BCUT2D eigenvalue weighted by molar-refractivity contribution is -0.233. The Morgan fingerprint density at radius 2 is 0.792 bits per heavy atom. The van der Waals surface area contributed by atoms with E-state index in [2.05, 4.69) is 49.3 Å². The number of alkyl halides is 2. The van der Waals surface area contributed by atoms with E-state index in [-0.39, 0.29) is 56.7 Å². The van der Waals surface area contributed by atoms with Gasteiger partial charge in [-0.15, -0.1) is 0 Å². The molecule has 9 heterocycles. The molecule has 6 radical (unpaired) electrons. The Morgan fingerprint density at radius 3 is 1.11 bits per heavy atom. The minimum Gasteiger partial charge on any atom is -0.780 e. The molecular weight excluding hydrogens is 1740 g/mol. The Bertz CT molecular complexity index is 3860. The van der Waals surface area contributed by atoms with E-state index in [0.29, 0.717) is 32.8 Å². The van der Waals surface area contributed by atoms with E-state index in [1.54, 1.807) is 13.8 Å². The second-order valence-corrected chi connectivity index (χ2v) is 44.8. The van der Waals surface area contributed by atoms with Crippen molar-refractivity contribution in [1.29, 1.82) is 0 Å². The van der Waals surface area contributed by atoms with Crippen molar-refractivity contribution in [2.24, 2.45) is 0 Å². The number of nitrogens with one attached hydrogen (secondary N) is 3. The zero-order chi connectivity index (χ0) is 75.1. The fourth-order valence-electron chi connectivity index (χ4n) is 11.0. The van der Waals surface area contributed by atoms with Crippen molar-refractivity contribution >= 4 is 146 Å². The maximum Gasteiger partial charge on any atom is 0.330 e. The number of aliphatic hydroxyl groups is 1. The normalized spacial score (nSPS) is 33.2. The van der Waals surface area contributed by atoms with Crippen LogP contribution in [0.4, 0.5) is 0 Å². The number of aromatic nitrogens is 6. The molecule has 48 heteroatoms. The van der Waals surface area contributed by atoms with Crippen LogP contribution in [0.25, 0.3) is 0 Å². The van der Waals surface area contributed by atoms with Gasteiger partial charge in [-0.25, -0.2) is 14.4 Å². The van der Waals surface area contributed by atoms with E-state index in [0.717, 1.165) is 16.9 Å². The van der Waals surface area contributed by atoms with E-state index in [9.17, 15) is 62.2 Å². The van der Waals surface area contributed by atoms with Crippen LogP contribution in [0.2, 0.25) is 0 Å². The standard InChI is InChI=1S/C19H30BIN2O8P2S.C19H31BN2O9P2S.C15H22BIN2O11P2S/c1-5-32(3,34)30-12-6-16(20)28-15(12)10-27-33(4,26)31-13-7-17(29-14(13)8-21)23-9-11(2)18(24)22-19(23)25;1-5-32(3,34)30-12-6-16(20)28-15(12)10-27-33(4,26)31-13-7-17(29-14(13)9-23)22-8-11(2)18(24)21-19(22)25;1-7-5-19(15(21)18-14(7)20)13-3-9(10(4-17)28-13)29-31(22,23)26-6-11-8(2-12(16)27-11)30-32(24,25)33/h9,12-17H,5-8,10H2,1-4H3,(H,22,24,25);8,12-17,23H,5-7,9-10H2,1-4H3,(H,21,24,25);5,8-13H,2-4,6H2,1H3,(H,22,23)(H,18,20,21)(H2,24,25,33)/p-2. The van der Waals surface area contributed by atoms with Gasteiger partial charge < -0.3 is 88.9 Å². The highest BCUT2D eigenvalue weighted by molar-refractivity contribution is 14.1. The van der Waals surface area contributed by atoms with E-state index in [1.165, 1.54) is 48.0 Å². The molecule has 0 aromatic carbocycles. The van der Waals surface area contributed by atoms with Crippen LogP contribution in [0.15, 0.2) is 47.4 Å². The number of rotatable bonds is 29. The van der Waals surface area contributed by atoms with Crippen LogP contribution in [0.5, 0.6) is 0 Å². The van der Waals surface area contributed by atoms with E-state index >= 15 is 0 Å². The molecule has 101 heavy (non-hydrogen) atoms. The minimum absolute atomic E-state index is 0.00513. The van der Waals surface area contributed by atoms with Crippen molar-refractivity contribution in [2.45, 2.75) is 183 Å². The SMILES string of the molecule is [B]C1CC(OP(C)(=S)CC)C(COP(C)(=O)OC2CC(n3cc(C)c(=O)[nH]c3=O)OC2CI)O1.[B]C1CC(OP(C)(=S)CC)C(COP(C)(=O)OC2CC(n3cc(C)c(=O)[nH]c3=O)OC2CO)O1.[B]C1CC(OP([O-])(O)=S)C(COP(=O)([O-])OC2CC(n3cc(C)c(=O)[nH]c3=O)OC2CI)O1. The highest BCUT2D eigenvalue weighted by Gasteiger charge is 2.46. The summed E-state index contributed by atoms with van der Waals surface area (Å²) in [5, 5.41) is 9.73. The topological polar surface area (TPSA) is 441 Å². The van der Waals surface area contributed by atoms with Gasteiger partial charge in [-0.05, 0) is 65.7 Å². The number of hydrogen-bond donors (Lipinski definition) is 5. The third kappa shape index (κ3) is 25.8. The zero-order valence-electron chi connectivity index (χ0n) is 56.3. The number of halogens is 2. The summed E-state index contributed by atoms with van der Waals surface area (Å²) < 4.78 is 127. The first-order chi connectivity index (χ1) is 46.9. The van der Waals surface area contributed by atoms with Gasteiger partial charge in [0.05, 0.1) is 87.8 Å². The van der Waals surface area contributed by atoms with Gasteiger partial charge in [0.15, 0.2) is 0 Å². The summed E-state index contributed by atoms with van der Waals surface area (Å²) in [5.41, 5.74) is -2.41. The van der Waals surface area contributed by atoms with Gasteiger partial charge in [0.2, 0.25) is 0 Å². The predicted octanol–water partition coefficient (Wildman–Crippen LogP) is 2.25.